The summed E-state index contributed by atoms with van der Waals surface area (Å²) < 4.78 is 12.7. The van der Waals surface area contributed by atoms with Gasteiger partial charge in [0.25, 0.3) is 0 Å². The molecule has 21 heavy (non-hydrogen) atoms. The van der Waals surface area contributed by atoms with Gasteiger partial charge in [-0.3, -0.25) is 4.68 Å². The van der Waals surface area contributed by atoms with Crippen molar-refractivity contribution in [3.8, 4) is 0 Å². The molecule has 1 aromatic rings. The SMILES string of the molecule is CC1(NC(=O)Nc2cnn(CC3CCCO3)c2)CCOC1. The number of ether oxygens (including phenoxy) is 2. The van der Waals surface area contributed by atoms with E-state index in [2.05, 4.69) is 15.7 Å². The largest absolute Gasteiger partial charge is 0.379 e. The van der Waals surface area contributed by atoms with E-state index in [0.29, 0.717) is 18.9 Å². The third-order valence-electron chi connectivity index (χ3n) is 3.94. The Balaban J connectivity index is 1.50. The second-order valence-electron chi connectivity index (χ2n) is 6.03. The first-order valence-corrected chi connectivity index (χ1v) is 7.44. The zero-order valence-electron chi connectivity index (χ0n) is 12.3. The minimum atomic E-state index is -0.280. The number of hydrogen-bond donors (Lipinski definition) is 2. The van der Waals surface area contributed by atoms with Crippen LogP contribution in [0.1, 0.15) is 26.2 Å². The molecule has 2 aliphatic rings. The van der Waals surface area contributed by atoms with E-state index in [1.54, 1.807) is 6.20 Å². The molecule has 0 aromatic carbocycles. The highest BCUT2D eigenvalue weighted by atomic mass is 16.5. The normalized spacial score (nSPS) is 28.7. The summed E-state index contributed by atoms with van der Waals surface area (Å²) in [6.07, 6.45) is 6.73. The minimum absolute atomic E-state index is 0.223. The first-order chi connectivity index (χ1) is 10.1. The van der Waals surface area contributed by atoms with Crippen molar-refractivity contribution in [1.82, 2.24) is 15.1 Å². The van der Waals surface area contributed by atoms with Crippen LogP contribution < -0.4 is 10.6 Å². The number of anilines is 1. The molecule has 7 heteroatoms. The van der Waals surface area contributed by atoms with Crippen LogP contribution in [0.3, 0.4) is 0 Å². The van der Waals surface area contributed by atoms with Crippen LogP contribution in [0.4, 0.5) is 10.5 Å². The summed E-state index contributed by atoms with van der Waals surface area (Å²) in [4.78, 5) is 12.0. The van der Waals surface area contributed by atoms with E-state index >= 15 is 0 Å². The first-order valence-electron chi connectivity index (χ1n) is 7.44. The zero-order chi connectivity index (χ0) is 14.7. The van der Waals surface area contributed by atoms with Gasteiger partial charge in [0.2, 0.25) is 0 Å². The molecule has 2 fully saturated rings. The van der Waals surface area contributed by atoms with E-state index in [9.17, 15) is 4.79 Å². The maximum absolute atomic E-state index is 12.0. The Kier molecular flexibility index (Phi) is 4.12. The molecule has 0 spiro atoms. The van der Waals surface area contributed by atoms with Crippen molar-refractivity contribution in [2.24, 2.45) is 0 Å². The molecule has 0 bridgehead atoms. The average Bonchev–Trinajstić information content (AvgIpc) is 3.14. The van der Waals surface area contributed by atoms with E-state index in [4.69, 9.17) is 9.47 Å². The van der Waals surface area contributed by atoms with Gasteiger partial charge in [-0.25, -0.2) is 4.79 Å². The highest BCUT2D eigenvalue weighted by molar-refractivity contribution is 5.89. The highest BCUT2D eigenvalue weighted by Gasteiger charge is 2.31. The van der Waals surface area contributed by atoms with Crippen LogP contribution in [-0.4, -0.2) is 47.3 Å². The molecule has 2 atom stereocenters. The van der Waals surface area contributed by atoms with Crippen molar-refractivity contribution in [2.45, 2.75) is 44.4 Å². The van der Waals surface area contributed by atoms with Gasteiger partial charge in [0.05, 0.1) is 36.7 Å². The quantitative estimate of drug-likeness (QED) is 0.879. The summed E-state index contributed by atoms with van der Waals surface area (Å²) in [5.74, 6) is 0. The number of nitrogens with zero attached hydrogens (tertiary/aromatic N) is 2. The first kappa shape index (κ1) is 14.3. The van der Waals surface area contributed by atoms with Gasteiger partial charge < -0.3 is 20.1 Å². The number of nitrogens with one attached hydrogen (secondary N) is 2. The molecule has 2 saturated heterocycles. The van der Waals surface area contributed by atoms with Crippen LogP contribution in [0.5, 0.6) is 0 Å². The third-order valence-corrected chi connectivity index (χ3v) is 3.94. The molecule has 0 saturated carbocycles. The molecule has 2 unspecified atom stereocenters. The third kappa shape index (κ3) is 3.74. The highest BCUT2D eigenvalue weighted by Crippen LogP contribution is 2.18. The second-order valence-corrected chi connectivity index (χ2v) is 6.03. The maximum Gasteiger partial charge on any atom is 0.319 e. The minimum Gasteiger partial charge on any atom is -0.379 e. The van der Waals surface area contributed by atoms with E-state index in [0.717, 1.165) is 32.4 Å². The van der Waals surface area contributed by atoms with Crippen molar-refractivity contribution < 1.29 is 14.3 Å². The Bertz CT molecular complexity index is 490. The fourth-order valence-corrected chi connectivity index (χ4v) is 2.73. The Morgan fingerprint density at radius 3 is 3.19 bits per heavy atom. The van der Waals surface area contributed by atoms with Gasteiger partial charge in [-0.15, -0.1) is 0 Å². The molecule has 3 heterocycles. The molecule has 2 aliphatic heterocycles. The van der Waals surface area contributed by atoms with Crippen LogP contribution in [0.25, 0.3) is 0 Å². The molecule has 2 amide bonds. The van der Waals surface area contributed by atoms with Crippen molar-refractivity contribution >= 4 is 11.7 Å². The van der Waals surface area contributed by atoms with Gasteiger partial charge in [-0.05, 0) is 26.2 Å². The molecule has 2 N–H and O–H groups in total. The molecule has 1 aromatic heterocycles. The van der Waals surface area contributed by atoms with E-state index in [-0.39, 0.29) is 17.7 Å². The summed E-state index contributed by atoms with van der Waals surface area (Å²) in [6.45, 7) is 4.80. The van der Waals surface area contributed by atoms with Gasteiger partial charge >= 0.3 is 6.03 Å². The van der Waals surface area contributed by atoms with Crippen molar-refractivity contribution in [3.63, 3.8) is 0 Å². The van der Waals surface area contributed by atoms with Crippen LogP contribution in [-0.2, 0) is 16.0 Å². The Labute approximate surface area is 124 Å². The topological polar surface area (TPSA) is 77.4 Å². The van der Waals surface area contributed by atoms with Gasteiger partial charge in [-0.2, -0.15) is 5.10 Å². The lowest BCUT2D eigenvalue weighted by atomic mass is 10.0. The molecule has 0 radical (unpaired) electrons. The summed E-state index contributed by atoms with van der Waals surface area (Å²) in [5.41, 5.74) is 0.408. The van der Waals surface area contributed by atoms with Crippen molar-refractivity contribution in [2.75, 3.05) is 25.1 Å². The number of carbonyl (C=O) groups is 1. The number of hydrogen-bond acceptors (Lipinski definition) is 4. The van der Waals surface area contributed by atoms with E-state index in [1.807, 2.05) is 17.8 Å². The lowest BCUT2D eigenvalue weighted by Gasteiger charge is -2.23. The summed E-state index contributed by atoms with van der Waals surface area (Å²) in [5, 5.41) is 10.0. The number of amides is 2. The number of urea groups is 1. The summed E-state index contributed by atoms with van der Waals surface area (Å²) in [6, 6.07) is -0.223. The van der Waals surface area contributed by atoms with Crippen LogP contribution in [0.2, 0.25) is 0 Å². The summed E-state index contributed by atoms with van der Waals surface area (Å²) in [7, 11) is 0. The van der Waals surface area contributed by atoms with Crippen LogP contribution >= 0.6 is 0 Å². The molecule has 0 aliphatic carbocycles. The second kappa shape index (κ2) is 6.03. The molecule has 7 nitrogen and oxygen atoms in total. The molecule has 116 valence electrons. The van der Waals surface area contributed by atoms with Crippen LogP contribution in [0.15, 0.2) is 12.4 Å². The number of rotatable bonds is 4. The average molecular weight is 294 g/mol. The molecule has 3 rings (SSSR count). The van der Waals surface area contributed by atoms with Crippen molar-refractivity contribution in [1.29, 1.82) is 0 Å². The lowest BCUT2D eigenvalue weighted by molar-refractivity contribution is 0.0940. The molecular formula is C14H22N4O3. The number of aromatic nitrogens is 2. The van der Waals surface area contributed by atoms with E-state index < -0.39 is 0 Å². The lowest BCUT2D eigenvalue weighted by Crippen LogP contribution is -2.48. The van der Waals surface area contributed by atoms with Crippen molar-refractivity contribution in [3.05, 3.63) is 12.4 Å². The number of carbonyl (C=O) groups excluding carboxylic acids is 1. The summed E-state index contributed by atoms with van der Waals surface area (Å²) >= 11 is 0. The van der Waals surface area contributed by atoms with Gasteiger partial charge in [0.1, 0.15) is 0 Å². The smallest absolute Gasteiger partial charge is 0.319 e. The van der Waals surface area contributed by atoms with Gasteiger partial charge in [-0.1, -0.05) is 0 Å². The fraction of sp³-hybridized carbons (Fsp3) is 0.714. The predicted molar refractivity (Wildman–Crippen MR) is 77.2 cm³/mol. The molecular weight excluding hydrogens is 272 g/mol. The van der Waals surface area contributed by atoms with E-state index in [1.165, 1.54) is 0 Å². The zero-order valence-corrected chi connectivity index (χ0v) is 12.3. The monoisotopic (exact) mass is 294 g/mol. The van der Waals surface area contributed by atoms with Gasteiger partial charge in [0.15, 0.2) is 0 Å². The standard InChI is InChI=1S/C14H22N4O3/c1-14(4-6-20-10-14)17-13(19)16-11-7-15-18(8-11)9-12-3-2-5-21-12/h7-8,12H,2-6,9-10H2,1H3,(H2,16,17,19). The fourth-order valence-electron chi connectivity index (χ4n) is 2.73. The van der Waals surface area contributed by atoms with Gasteiger partial charge in [0, 0.05) is 19.4 Å². The van der Waals surface area contributed by atoms with Crippen LogP contribution in [0, 0.1) is 0 Å². The Morgan fingerprint density at radius 1 is 1.57 bits per heavy atom. The Morgan fingerprint density at radius 2 is 2.48 bits per heavy atom. The Hall–Kier alpha value is -1.60. The predicted octanol–water partition coefficient (Wildman–Crippen LogP) is 1.36. The maximum atomic E-state index is 12.0.